The summed E-state index contributed by atoms with van der Waals surface area (Å²) in [5.41, 5.74) is 0.175. The van der Waals surface area contributed by atoms with Crippen LogP contribution < -0.4 is 14.8 Å². The number of benzene rings is 1. The molecule has 2 heterocycles. The Hall–Kier alpha value is -3.57. The molecule has 1 aromatic heterocycles. The molecule has 2 unspecified atom stereocenters. The topological polar surface area (TPSA) is 114 Å². The summed E-state index contributed by atoms with van der Waals surface area (Å²) in [7, 11) is 0. The molecule has 0 radical (unpaired) electrons. The third kappa shape index (κ3) is 6.24. The molecule has 9 nitrogen and oxygen atoms in total. The van der Waals surface area contributed by atoms with E-state index in [0.29, 0.717) is 11.4 Å². The molecule has 1 aliphatic rings. The molecular formula is C21H23F3N4O5. The van der Waals surface area contributed by atoms with E-state index < -0.39 is 30.8 Å². The van der Waals surface area contributed by atoms with E-state index in [1.165, 1.54) is 4.90 Å². The fraction of sp³-hybridized carbons (Fsp3) is 0.429. The molecule has 0 spiro atoms. The van der Waals surface area contributed by atoms with Gasteiger partial charge in [-0.15, -0.1) is 0 Å². The average molecular weight is 468 g/mol. The number of rotatable bonds is 6. The number of halogens is 3. The lowest BCUT2D eigenvalue weighted by atomic mass is 9.77. The minimum absolute atomic E-state index is 0.0333. The lowest BCUT2D eigenvalue weighted by molar-refractivity contribution is -0.154. The molecule has 0 saturated carbocycles. The Morgan fingerprint density at radius 2 is 1.76 bits per heavy atom. The number of alkyl halides is 3. The van der Waals surface area contributed by atoms with Gasteiger partial charge < -0.3 is 19.9 Å². The second kappa shape index (κ2) is 9.12. The first-order valence-electron chi connectivity index (χ1n) is 9.93. The van der Waals surface area contributed by atoms with Crippen LogP contribution >= 0.6 is 0 Å². The fourth-order valence-corrected chi connectivity index (χ4v) is 3.44. The number of hydrogen-bond acceptors (Lipinski definition) is 6. The monoisotopic (exact) mass is 468 g/mol. The first kappa shape index (κ1) is 24.1. The minimum Gasteiger partial charge on any atom is -0.486 e. The van der Waals surface area contributed by atoms with Crippen molar-refractivity contribution >= 4 is 17.7 Å². The molecule has 2 amide bonds. The highest BCUT2D eigenvalue weighted by molar-refractivity contribution is 6.03. The SMILES string of the molecule is CC(C)(C)C1C(Oc2ccc(NC(=O)c3cnc(OCC(F)(F)F)nc3)cc2)CN1C(=O)O. The summed E-state index contributed by atoms with van der Waals surface area (Å²) in [5.74, 6) is -0.0401. The second-order valence-corrected chi connectivity index (χ2v) is 8.54. The van der Waals surface area contributed by atoms with Crippen LogP contribution in [0, 0.1) is 5.41 Å². The number of anilines is 1. The Bertz CT molecular complexity index is 991. The van der Waals surface area contributed by atoms with Crippen LogP contribution in [0.1, 0.15) is 31.1 Å². The molecule has 12 heteroatoms. The third-order valence-corrected chi connectivity index (χ3v) is 4.85. The number of amides is 2. The molecule has 178 valence electrons. The zero-order valence-electron chi connectivity index (χ0n) is 18.1. The quantitative estimate of drug-likeness (QED) is 0.662. The third-order valence-electron chi connectivity index (χ3n) is 4.85. The first-order chi connectivity index (χ1) is 15.3. The van der Waals surface area contributed by atoms with Gasteiger partial charge in [0.05, 0.1) is 18.2 Å². The Labute approximate surface area is 187 Å². The molecule has 33 heavy (non-hydrogen) atoms. The van der Waals surface area contributed by atoms with Gasteiger partial charge in [0.2, 0.25) is 0 Å². The van der Waals surface area contributed by atoms with Gasteiger partial charge in [-0.05, 0) is 29.7 Å². The van der Waals surface area contributed by atoms with Crippen molar-refractivity contribution < 1.29 is 37.3 Å². The fourth-order valence-electron chi connectivity index (χ4n) is 3.44. The molecule has 2 aromatic rings. The van der Waals surface area contributed by atoms with Crippen molar-refractivity contribution in [3.8, 4) is 11.8 Å². The maximum atomic E-state index is 12.3. The van der Waals surface area contributed by atoms with Crippen LogP contribution in [0.5, 0.6) is 11.8 Å². The second-order valence-electron chi connectivity index (χ2n) is 8.54. The van der Waals surface area contributed by atoms with E-state index in [4.69, 9.17) is 4.74 Å². The van der Waals surface area contributed by atoms with Gasteiger partial charge in [-0.2, -0.15) is 13.2 Å². The summed E-state index contributed by atoms with van der Waals surface area (Å²) < 4.78 is 46.8. The Morgan fingerprint density at radius 1 is 1.15 bits per heavy atom. The maximum absolute atomic E-state index is 12.3. The van der Waals surface area contributed by atoms with E-state index in [1.807, 2.05) is 20.8 Å². The molecule has 1 aromatic carbocycles. The number of carbonyl (C=O) groups excluding carboxylic acids is 1. The van der Waals surface area contributed by atoms with Crippen LogP contribution in [-0.2, 0) is 0 Å². The first-order valence-corrected chi connectivity index (χ1v) is 9.93. The van der Waals surface area contributed by atoms with E-state index in [2.05, 4.69) is 20.0 Å². The minimum atomic E-state index is -4.52. The van der Waals surface area contributed by atoms with Gasteiger partial charge in [-0.25, -0.2) is 14.8 Å². The van der Waals surface area contributed by atoms with Crippen molar-refractivity contribution in [2.45, 2.75) is 39.1 Å². The number of carbonyl (C=O) groups is 2. The molecule has 0 aliphatic carbocycles. The number of ether oxygens (including phenoxy) is 2. The lowest BCUT2D eigenvalue weighted by Gasteiger charge is -2.51. The molecule has 0 bridgehead atoms. The highest BCUT2D eigenvalue weighted by Crippen LogP contribution is 2.36. The van der Waals surface area contributed by atoms with E-state index in [9.17, 15) is 27.9 Å². The Balaban J connectivity index is 1.56. The summed E-state index contributed by atoms with van der Waals surface area (Å²) in [6.07, 6.45) is -3.68. The number of nitrogens with one attached hydrogen (secondary N) is 1. The van der Waals surface area contributed by atoms with Gasteiger partial charge in [0.1, 0.15) is 11.9 Å². The molecule has 1 fully saturated rings. The van der Waals surface area contributed by atoms with Gasteiger partial charge in [0, 0.05) is 18.1 Å². The van der Waals surface area contributed by atoms with Crippen LogP contribution in [0.15, 0.2) is 36.7 Å². The number of carboxylic acid groups (broad SMARTS) is 1. The molecule has 1 aliphatic heterocycles. The maximum Gasteiger partial charge on any atom is 0.422 e. The van der Waals surface area contributed by atoms with Gasteiger partial charge in [0.25, 0.3) is 5.91 Å². The number of hydrogen-bond donors (Lipinski definition) is 2. The highest BCUT2D eigenvalue weighted by atomic mass is 19.4. The van der Waals surface area contributed by atoms with Gasteiger partial charge in [-0.1, -0.05) is 20.8 Å². The largest absolute Gasteiger partial charge is 0.486 e. The number of likely N-dealkylation sites (tertiary alicyclic amines) is 1. The summed E-state index contributed by atoms with van der Waals surface area (Å²) in [6.45, 7) is 4.57. The van der Waals surface area contributed by atoms with Crippen LogP contribution in [-0.4, -0.2) is 63.4 Å². The van der Waals surface area contributed by atoms with Gasteiger partial charge >= 0.3 is 18.3 Å². The van der Waals surface area contributed by atoms with E-state index in [1.54, 1.807) is 24.3 Å². The number of aromatic nitrogens is 2. The van der Waals surface area contributed by atoms with Crippen molar-refractivity contribution in [2.24, 2.45) is 5.41 Å². The lowest BCUT2D eigenvalue weighted by Crippen LogP contribution is -2.68. The molecule has 3 rings (SSSR count). The predicted octanol–water partition coefficient (Wildman–Crippen LogP) is 3.83. The smallest absolute Gasteiger partial charge is 0.422 e. The zero-order valence-corrected chi connectivity index (χ0v) is 18.1. The highest BCUT2D eigenvalue weighted by Gasteiger charge is 2.50. The molecule has 1 saturated heterocycles. The molecule has 2 atom stereocenters. The average Bonchev–Trinajstić information content (AvgIpc) is 2.68. The van der Waals surface area contributed by atoms with E-state index in [0.717, 1.165) is 12.4 Å². The van der Waals surface area contributed by atoms with Crippen LogP contribution in [0.25, 0.3) is 0 Å². The predicted molar refractivity (Wildman–Crippen MR) is 110 cm³/mol. The summed E-state index contributed by atoms with van der Waals surface area (Å²) in [5, 5.41) is 11.9. The van der Waals surface area contributed by atoms with E-state index >= 15 is 0 Å². The van der Waals surface area contributed by atoms with Crippen molar-refractivity contribution in [2.75, 3.05) is 18.5 Å². The Kier molecular flexibility index (Phi) is 6.65. The number of nitrogens with zero attached hydrogens (tertiary/aromatic N) is 3. The standard InChI is InChI=1S/C21H23F3N4O5/c1-20(2,3)16-15(10-28(16)19(30)31)33-14-6-4-13(5-7-14)27-17(29)12-8-25-18(26-9-12)32-11-21(22,23)24/h4-9,15-16H,10-11H2,1-3H3,(H,27,29)(H,30,31). The van der Waals surface area contributed by atoms with Crippen molar-refractivity contribution in [3.05, 3.63) is 42.2 Å². The van der Waals surface area contributed by atoms with Crippen molar-refractivity contribution in [1.82, 2.24) is 14.9 Å². The van der Waals surface area contributed by atoms with Crippen LogP contribution in [0.3, 0.4) is 0 Å². The summed E-state index contributed by atoms with van der Waals surface area (Å²) >= 11 is 0. The summed E-state index contributed by atoms with van der Waals surface area (Å²) in [6, 6.07) is 5.71. The molecule has 2 N–H and O–H groups in total. The van der Waals surface area contributed by atoms with Crippen molar-refractivity contribution in [1.29, 1.82) is 0 Å². The zero-order chi connectivity index (χ0) is 24.4. The van der Waals surface area contributed by atoms with E-state index in [-0.39, 0.29) is 29.7 Å². The molecular weight excluding hydrogens is 445 g/mol. The van der Waals surface area contributed by atoms with Gasteiger partial charge in [-0.3, -0.25) is 9.69 Å². The summed E-state index contributed by atoms with van der Waals surface area (Å²) in [4.78, 5) is 32.2. The van der Waals surface area contributed by atoms with Crippen LogP contribution in [0.2, 0.25) is 0 Å². The van der Waals surface area contributed by atoms with Crippen molar-refractivity contribution in [3.63, 3.8) is 0 Å². The normalized spacial score (nSPS) is 18.3. The Morgan fingerprint density at radius 3 is 2.27 bits per heavy atom. The van der Waals surface area contributed by atoms with Crippen LogP contribution in [0.4, 0.5) is 23.7 Å². The van der Waals surface area contributed by atoms with Gasteiger partial charge in [0.15, 0.2) is 6.61 Å².